The Hall–Kier alpha value is -2.12. The second-order valence-electron chi connectivity index (χ2n) is 9.59. The molecule has 2 atom stereocenters. The van der Waals surface area contributed by atoms with Gasteiger partial charge in [-0.05, 0) is 51.2 Å². The molecule has 2 saturated carbocycles. The number of aliphatic imine (C=N–C) groups is 1. The fraction of sp³-hybridized carbons (Fsp3) is 0.600. The molecule has 9 heteroatoms. The Morgan fingerprint density at radius 1 is 0.912 bits per heavy atom. The van der Waals surface area contributed by atoms with Crippen molar-refractivity contribution in [2.24, 2.45) is 4.99 Å². The van der Waals surface area contributed by atoms with Crippen molar-refractivity contribution in [3.63, 3.8) is 0 Å². The predicted molar refractivity (Wildman–Crippen MR) is 143 cm³/mol. The zero-order chi connectivity index (χ0) is 21.9. The minimum absolute atomic E-state index is 0. The normalized spacial score (nSPS) is 22.4. The first kappa shape index (κ1) is 26.5. The van der Waals surface area contributed by atoms with Crippen LogP contribution in [-0.2, 0) is 0 Å². The van der Waals surface area contributed by atoms with Crippen molar-refractivity contribution >= 4 is 53.3 Å². The number of nitrogens with one attached hydrogen (secondary N) is 3. The molecule has 1 aromatic heterocycles. The van der Waals surface area contributed by atoms with Gasteiger partial charge in [-0.2, -0.15) is 0 Å². The topological polar surface area (TPSA) is 91.3 Å². The van der Waals surface area contributed by atoms with Crippen LogP contribution in [0.3, 0.4) is 0 Å². The van der Waals surface area contributed by atoms with Crippen LogP contribution in [0.15, 0.2) is 23.2 Å². The minimum Gasteiger partial charge on any atom is -0.369 e. The van der Waals surface area contributed by atoms with Gasteiger partial charge < -0.3 is 16.0 Å². The van der Waals surface area contributed by atoms with Crippen molar-refractivity contribution in [1.29, 1.82) is 0 Å². The van der Waals surface area contributed by atoms with Gasteiger partial charge in [0.05, 0.1) is 11.4 Å². The lowest BCUT2D eigenvalue weighted by Crippen LogP contribution is -2.48. The van der Waals surface area contributed by atoms with E-state index in [4.69, 9.17) is 4.98 Å². The molecule has 186 valence electrons. The molecule has 5 rings (SSSR count). The number of fused-ring (bicyclic) bond motifs is 1. The summed E-state index contributed by atoms with van der Waals surface area (Å²) in [4.78, 5) is 26.9. The third-order valence-corrected chi connectivity index (χ3v) is 7.06. The molecule has 34 heavy (non-hydrogen) atoms. The Morgan fingerprint density at radius 2 is 1.62 bits per heavy atom. The van der Waals surface area contributed by atoms with Crippen LogP contribution in [0.1, 0.15) is 80.4 Å². The van der Waals surface area contributed by atoms with Gasteiger partial charge in [-0.25, -0.2) is 9.97 Å². The van der Waals surface area contributed by atoms with Gasteiger partial charge in [0.25, 0.3) is 5.91 Å². The zero-order valence-corrected chi connectivity index (χ0v) is 21.4. The van der Waals surface area contributed by atoms with E-state index < -0.39 is 0 Å². The van der Waals surface area contributed by atoms with Crippen molar-refractivity contribution in [3.05, 3.63) is 29.6 Å². The first-order chi connectivity index (χ1) is 15.7. The third-order valence-electron chi connectivity index (χ3n) is 7.06. The molecule has 0 saturated heterocycles. The Labute approximate surface area is 214 Å². The molecule has 1 aliphatic heterocycles. The van der Waals surface area contributed by atoms with E-state index in [2.05, 4.69) is 38.9 Å². The number of nitrogens with zero attached hydrogens (tertiary/aromatic N) is 3. The van der Waals surface area contributed by atoms with Crippen LogP contribution >= 0.6 is 24.8 Å². The van der Waals surface area contributed by atoms with E-state index >= 15 is 0 Å². The molecule has 3 aliphatic rings. The summed E-state index contributed by atoms with van der Waals surface area (Å²) in [5, 5.41) is 11.5. The first-order valence-corrected chi connectivity index (χ1v) is 12.3. The van der Waals surface area contributed by atoms with Crippen LogP contribution < -0.4 is 16.0 Å². The Kier molecular flexibility index (Phi) is 9.37. The number of carbonyl (C=O) groups is 1. The smallest absolute Gasteiger partial charge is 0.289 e. The lowest BCUT2D eigenvalue weighted by atomic mass is 9.90. The predicted octanol–water partition coefficient (Wildman–Crippen LogP) is 4.96. The number of amidine groups is 1. The number of hydrogen-bond acceptors (Lipinski definition) is 6. The summed E-state index contributed by atoms with van der Waals surface area (Å²) in [7, 11) is 0. The molecule has 0 bridgehead atoms. The molecular weight excluding hydrogens is 471 g/mol. The minimum atomic E-state index is -0.166. The van der Waals surface area contributed by atoms with Gasteiger partial charge in [-0.3, -0.25) is 9.79 Å². The van der Waals surface area contributed by atoms with Gasteiger partial charge in [0, 0.05) is 36.5 Å². The average molecular weight is 508 g/mol. The van der Waals surface area contributed by atoms with E-state index in [9.17, 15) is 4.79 Å². The van der Waals surface area contributed by atoms with Crippen LogP contribution in [0.25, 0.3) is 10.9 Å². The van der Waals surface area contributed by atoms with E-state index in [0.29, 0.717) is 6.04 Å². The van der Waals surface area contributed by atoms with Crippen molar-refractivity contribution in [2.45, 2.75) is 89.3 Å². The molecule has 0 unspecified atom stereocenters. The molecule has 2 aromatic rings. The Bertz CT molecular complexity index is 1020. The van der Waals surface area contributed by atoms with E-state index in [0.717, 1.165) is 73.2 Å². The summed E-state index contributed by atoms with van der Waals surface area (Å²) in [6, 6.07) is 6.97. The zero-order valence-electron chi connectivity index (χ0n) is 19.8. The highest BCUT2D eigenvalue weighted by Crippen LogP contribution is 2.27. The fourth-order valence-electron chi connectivity index (χ4n) is 5.30. The summed E-state index contributed by atoms with van der Waals surface area (Å²) in [6.07, 6.45) is 11.2. The number of amides is 1. The van der Waals surface area contributed by atoms with E-state index in [1.807, 2.05) is 12.1 Å². The van der Waals surface area contributed by atoms with Crippen molar-refractivity contribution in [2.75, 3.05) is 11.9 Å². The molecule has 0 radical (unpaired) electrons. The van der Waals surface area contributed by atoms with E-state index in [1.54, 1.807) is 0 Å². The van der Waals surface area contributed by atoms with E-state index in [1.165, 1.54) is 25.7 Å². The number of benzene rings is 1. The van der Waals surface area contributed by atoms with Crippen molar-refractivity contribution in [3.8, 4) is 0 Å². The fourth-order valence-corrected chi connectivity index (χ4v) is 5.30. The highest BCUT2D eigenvalue weighted by molar-refractivity contribution is 5.97. The molecule has 1 aromatic carbocycles. The quantitative estimate of drug-likeness (QED) is 0.532. The second kappa shape index (κ2) is 12.0. The van der Waals surface area contributed by atoms with Gasteiger partial charge >= 0.3 is 0 Å². The van der Waals surface area contributed by atoms with E-state index in [-0.39, 0.29) is 48.6 Å². The summed E-state index contributed by atoms with van der Waals surface area (Å²) < 4.78 is 0. The van der Waals surface area contributed by atoms with Gasteiger partial charge in [0.2, 0.25) is 5.82 Å². The van der Waals surface area contributed by atoms with Crippen LogP contribution in [-0.4, -0.2) is 46.4 Å². The molecule has 7 nitrogen and oxygen atoms in total. The largest absolute Gasteiger partial charge is 0.369 e. The maximum Gasteiger partial charge on any atom is 0.289 e. The number of anilines is 1. The van der Waals surface area contributed by atoms with Crippen molar-refractivity contribution < 1.29 is 4.79 Å². The summed E-state index contributed by atoms with van der Waals surface area (Å²) in [6.45, 7) is 3.01. The maximum atomic E-state index is 13.0. The lowest BCUT2D eigenvalue weighted by molar-refractivity contribution is 0.0928. The van der Waals surface area contributed by atoms with Crippen LogP contribution in [0.5, 0.6) is 0 Å². The molecule has 2 fully saturated rings. The SMILES string of the molecule is Cc1ccc2nc(C(=O)NC3CCCC3)nc(N[C@H]3CCCC[C@H]3NC3=NCCC3)c2c1.Cl.Cl. The molecule has 1 amide bonds. The number of halogens is 2. The monoisotopic (exact) mass is 506 g/mol. The molecule has 3 N–H and O–H groups in total. The number of hydrogen-bond donors (Lipinski definition) is 3. The highest BCUT2D eigenvalue weighted by atomic mass is 35.5. The van der Waals surface area contributed by atoms with Gasteiger partial charge in [-0.15, -0.1) is 24.8 Å². The Morgan fingerprint density at radius 3 is 2.32 bits per heavy atom. The van der Waals surface area contributed by atoms with Crippen LogP contribution in [0.4, 0.5) is 5.82 Å². The maximum absolute atomic E-state index is 13.0. The Balaban J connectivity index is 0.00000162. The number of aryl methyl sites for hydroxylation is 1. The lowest BCUT2D eigenvalue weighted by Gasteiger charge is -2.34. The molecule has 2 aliphatic carbocycles. The van der Waals surface area contributed by atoms with Crippen molar-refractivity contribution in [1.82, 2.24) is 20.6 Å². The van der Waals surface area contributed by atoms with Crippen LogP contribution in [0.2, 0.25) is 0 Å². The average Bonchev–Trinajstić information content (AvgIpc) is 3.49. The summed E-state index contributed by atoms with van der Waals surface area (Å²) >= 11 is 0. The molecule has 0 spiro atoms. The third kappa shape index (κ3) is 6.11. The number of rotatable bonds is 5. The first-order valence-electron chi connectivity index (χ1n) is 12.3. The van der Waals surface area contributed by atoms with Gasteiger partial charge in [0.1, 0.15) is 5.82 Å². The van der Waals surface area contributed by atoms with Gasteiger partial charge in [0.15, 0.2) is 0 Å². The molecular formula is C25H36Cl2N6O. The summed E-state index contributed by atoms with van der Waals surface area (Å²) in [5.41, 5.74) is 1.97. The number of carbonyl (C=O) groups excluding carboxylic acids is 1. The second-order valence-corrected chi connectivity index (χ2v) is 9.59. The molecule has 2 heterocycles. The highest BCUT2D eigenvalue weighted by Gasteiger charge is 2.28. The number of aromatic nitrogens is 2. The van der Waals surface area contributed by atoms with Crippen LogP contribution in [0, 0.1) is 6.92 Å². The standard InChI is InChI=1S/C25H34N6O.2ClH/c1-16-12-13-19-18(15-16)23(31-24(29-19)25(32)27-17-7-2-3-8-17)30-21-10-5-4-9-20(21)28-22-11-6-14-26-22;;/h12-13,15,17,20-21H,2-11,14H2,1H3,(H,26,28)(H,27,32)(H,29,30,31);2*1H/t20-,21+;;/m1../s1. The van der Waals surface area contributed by atoms with Gasteiger partial charge in [-0.1, -0.05) is 37.3 Å². The summed E-state index contributed by atoms with van der Waals surface area (Å²) in [5.74, 6) is 2.00.